The van der Waals surface area contributed by atoms with Gasteiger partial charge in [0.1, 0.15) is 5.75 Å². The summed E-state index contributed by atoms with van der Waals surface area (Å²) in [6, 6.07) is 7.95. The van der Waals surface area contributed by atoms with Gasteiger partial charge in [0.2, 0.25) is 0 Å². The van der Waals surface area contributed by atoms with Gasteiger partial charge in [0.05, 0.1) is 7.11 Å². The highest BCUT2D eigenvalue weighted by Gasteiger charge is 2.06. The maximum absolute atomic E-state index is 9.15. The molecule has 1 rings (SSSR count). The van der Waals surface area contributed by atoms with Gasteiger partial charge in [0.15, 0.2) is 0 Å². The van der Waals surface area contributed by atoms with Crippen molar-refractivity contribution < 1.29 is 9.84 Å². The number of ether oxygens (including phenoxy) is 1. The van der Waals surface area contributed by atoms with Gasteiger partial charge < -0.3 is 9.84 Å². The standard InChI is InChI=1S/C13H18O2/c1-3-4-12(10-14)9-11-5-7-13(15-2)8-6-11/h3,5-8,12,14H,1,4,9-10H2,2H3. The molecule has 0 aromatic heterocycles. The Morgan fingerprint density at radius 3 is 2.53 bits per heavy atom. The van der Waals surface area contributed by atoms with E-state index >= 15 is 0 Å². The number of hydrogen-bond acceptors (Lipinski definition) is 2. The summed E-state index contributed by atoms with van der Waals surface area (Å²) in [6.07, 6.45) is 3.58. The van der Waals surface area contributed by atoms with Crippen LogP contribution in [0.5, 0.6) is 5.75 Å². The van der Waals surface area contributed by atoms with Gasteiger partial charge in [0.25, 0.3) is 0 Å². The van der Waals surface area contributed by atoms with Crippen LogP contribution in [0.25, 0.3) is 0 Å². The minimum absolute atomic E-state index is 0.206. The Kier molecular flexibility index (Phi) is 4.91. The van der Waals surface area contributed by atoms with Crippen LogP contribution < -0.4 is 4.74 Å². The lowest BCUT2D eigenvalue weighted by Gasteiger charge is -2.11. The molecule has 0 amide bonds. The van der Waals surface area contributed by atoms with Gasteiger partial charge in [-0.3, -0.25) is 0 Å². The lowest BCUT2D eigenvalue weighted by molar-refractivity contribution is 0.227. The van der Waals surface area contributed by atoms with E-state index < -0.39 is 0 Å². The highest BCUT2D eigenvalue weighted by atomic mass is 16.5. The van der Waals surface area contributed by atoms with E-state index in [9.17, 15) is 0 Å². The molecule has 0 aliphatic carbocycles. The summed E-state index contributed by atoms with van der Waals surface area (Å²) in [5, 5.41) is 9.15. The molecule has 0 bridgehead atoms. The Morgan fingerprint density at radius 1 is 1.40 bits per heavy atom. The molecule has 0 saturated heterocycles. The lowest BCUT2D eigenvalue weighted by atomic mass is 9.97. The Balaban J connectivity index is 2.58. The van der Waals surface area contributed by atoms with Crippen molar-refractivity contribution in [2.45, 2.75) is 12.8 Å². The van der Waals surface area contributed by atoms with Crippen LogP contribution in [0.3, 0.4) is 0 Å². The molecule has 1 N–H and O–H groups in total. The van der Waals surface area contributed by atoms with E-state index in [0.29, 0.717) is 0 Å². The third-order valence-electron chi connectivity index (χ3n) is 2.44. The van der Waals surface area contributed by atoms with E-state index in [4.69, 9.17) is 9.84 Å². The zero-order valence-corrected chi connectivity index (χ0v) is 9.15. The van der Waals surface area contributed by atoms with Crippen molar-refractivity contribution in [2.24, 2.45) is 5.92 Å². The van der Waals surface area contributed by atoms with Crippen LogP contribution >= 0.6 is 0 Å². The van der Waals surface area contributed by atoms with Crippen LogP contribution in [-0.4, -0.2) is 18.8 Å². The number of aliphatic hydroxyl groups excluding tert-OH is 1. The molecule has 0 aliphatic rings. The summed E-state index contributed by atoms with van der Waals surface area (Å²) in [4.78, 5) is 0. The van der Waals surface area contributed by atoms with Gasteiger partial charge in [-0.25, -0.2) is 0 Å². The summed E-state index contributed by atoms with van der Waals surface area (Å²) in [5.41, 5.74) is 1.22. The predicted molar refractivity (Wildman–Crippen MR) is 62.1 cm³/mol. The van der Waals surface area contributed by atoms with E-state index in [0.717, 1.165) is 18.6 Å². The zero-order valence-electron chi connectivity index (χ0n) is 9.15. The van der Waals surface area contributed by atoms with E-state index in [2.05, 4.69) is 6.58 Å². The number of hydrogen-bond donors (Lipinski definition) is 1. The molecule has 1 unspecified atom stereocenters. The smallest absolute Gasteiger partial charge is 0.118 e. The maximum Gasteiger partial charge on any atom is 0.118 e. The largest absolute Gasteiger partial charge is 0.497 e. The molecule has 0 aliphatic heterocycles. The molecule has 0 heterocycles. The summed E-state index contributed by atoms with van der Waals surface area (Å²) < 4.78 is 5.08. The van der Waals surface area contributed by atoms with E-state index in [1.165, 1.54) is 5.56 Å². The first-order valence-electron chi connectivity index (χ1n) is 5.14. The molecule has 1 atom stereocenters. The SMILES string of the molecule is C=CCC(CO)Cc1ccc(OC)cc1. The Bertz CT molecular complexity index is 290. The minimum atomic E-state index is 0.206. The zero-order chi connectivity index (χ0) is 11.1. The summed E-state index contributed by atoms with van der Waals surface area (Å²) in [5.74, 6) is 1.14. The maximum atomic E-state index is 9.15. The van der Waals surface area contributed by atoms with Crippen LogP contribution in [0.4, 0.5) is 0 Å². The summed E-state index contributed by atoms with van der Waals surface area (Å²) >= 11 is 0. The molecular weight excluding hydrogens is 188 g/mol. The van der Waals surface area contributed by atoms with Crippen LogP contribution in [0.1, 0.15) is 12.0 Å². The van der Waals surface area contributed by atoms with Crippen LogP contribution in [-0.2, 0) is 6.42 Å². The van der Waals surface area contributed by atoms with E-state index in [1.807, 2.05) is 30.3 Å². The van der Waals surface area contributed by atoms with Crippen molar-refractivity contribution in [1.82, 2.24) is 0 Å². The monoisotopic (exact) mass is 206 g/mol. The number of aliphatic hydroxyl groups is 1. The number of rotatable bonds is 6. The van der Waals surface area contributed by atoms with Gasteiger partial charge in [-0.2, -0.15) is 0 Å². The van der Waals surface area contributed by atoms with Crippen LogP contribution in [0.2, 0.25) is 0 Å². The second-order valence-electron chi connectivity index (χ2n) is 3.63. The molecule has 0 radical (unpaired) electrons. The van der Waals surface area contributed by atoms with Crippen molar-refractivity contribution in [2.75, 3.05) is 13.7 Å². The van der Waals surface area contributed by atoms with Gasteiger partial charge in [0, 0.05) is 6.61 Å². The number of methoxy groups -OCH3 is 1. The van der Waals surface area contributed by atoms with Crippen LogP contribution in [0, 0.1) is 5.92 Å². The molecule has 0 spiro atoms. The van der Waals surface area contributed by atoms with Crippen molar-refractivity contribution in [3.05, 3.63) is 42.5 Å². The fraction of sp³-hybridized carbons (Fsp3) is 0.385. The second-order valence-corrected chi connectivity index (χ2v) is 3.63. The van der Waals surface area contributed by atoms with Crippen molar-refractivity contribution in [3.63, 3.8) is 0 Å². The van der Waals surface area contributed by atoms with Gasteiger partial charge in [-0.05, 0) is 36.5 Å². The summed E-state index contributed by atoms with van der Waals surface area (Å²) in [7, 11) is 1.66. The Labute approximate surface area is 91.2 Å². The van der Waals surface area contributed by atoms with Gasteiger partial charge in [-0.15, -0.1) is 6.58 Å². The second kappa shape index (κ2) is 6.25. The lowest BCUT2D eigenvalue weighted by Crippen LogP contribution is -2.08. The molecule has 1 aromatic rings. The third-order valence-corrected chi connectivity index (χ3v) is 2.44. The number of allylic oxidation sites excluding steroid dienone is 1. The first kappa shape index (κ1) is 11.8. The highest BCUT2D eigenvalue weighted by Crippen LogP contribution is 2.16. The molecule has 2 nitrogen and oxygen atoms in total. The Morgan fingerprint density at radius 2 is 2.07 bits per heavy atom. The quantitative estimate of drug-likeness (QED) is 0.724. The van der Waals surface area contributed by atoms with Gasteiger partial charge in [-0.1, -0.05) is 18.2 Å². The van der Waals surface area contributed by atoms with E-state index in [-0.39, 0.29) is 12.5 Å². The average molecular weight is 206 g/mol. The first-order chi connectivity index (χ1) is 7.30. The number of benzene rings is 1. The molecule has 2 heteroatoms. The van der Waals surface area contributed by atoms with Crippen molar-refractivity contribution in [3.8, 4) is 5.75 Å². The normalized spacial score (nSPS) is 12.1. The average Bonchev–Trinajstić information content (AvgIpc) is 2.29. The topological polar surface area (TPSA) is 29.5 Å². The fourth-order valence-electron chi connectivity index (χ4n) is 1.55. The highest BCUT2D eigenvalue weighted by molar-refractivity contribution is 5.27. The van der Waals surface area contributed by atoms with Crippen LogP contribution in [0.15, 0.2) is 36.9 Å². The summed E-state index contributed by atoms with van der Waals surface area (Å²) in [6.45, 7) is 3.89. The molecule has 82 valence electrons. The molecule has 0 fully saturated rings. The van der Waals surface area contributed by atoms with Crippen molar-refractivity contribution in [1.29, 1.82) is 0 Å². The first-order valence-corrected chi connectivity index (χ1v) is 5.14. The minimum Gasteiger partial charge on any atom is -0.497 e. The Hall–Kier alpha value is -1.28. The van der Waals surface area contributed by atoms with E-state index in [1.54, 1.807) is 7.11 Å². The van der Waals surface area contributed by atoms with Crippen molar-refractivity contribution >= 4 is 0 Å². The molecular formula is C13H18O2. The molecule has 1 aromatic carbocycles. The van der Waals surface area contributed by atoms with Gasteiger partial charge >= 0.3 is 0 Å². The predicted octanol–water partition coefficient (Wildman–Crippen LogP) is 2.42. The molecule has 15 heavy (non-hydrogen) atoms. The third kappa shape index (κ3) is 3.76. The fourth-order valence-corrected chi connectivity index (χ4v) is 1.55. The molecule has 0 saturated carbocycles.